The van der Waals surface area contributed by atoms with E-state index >= 15 is 0 Å². The zero-order valence-corrected chi connectivity index (χ0v) is 21.9. The largest absolute Gasteiger partial charge is 0.393 e. The second kappa shape index (κ2) is 9.35. The van der Waals surface area contributed by atoms with Crippen molar-refractivity contribution in [2.75, 3.05) is 0 Å². The van der Waals surface area contributed by atoms with E-state index in [1.165, 1.54) is 0 Å². The van der Waals surface area contributed by atoms with E-state index in [0.717, 1.165) is 38.5 Å². The lowest BCUT2D eigenvalue weighted by molar-refractivity contribution is -0.207. The van der Waals surface area contributed by atoms with Gasteiger partial charge in [0.05, 0.1) is 18.3 Å². The van der Waals surface area contributed by atoms with Gasteiger partial charge in [-0.05, 0) is 97.7 Å². The van der Waals surface area contributed by atoms with Crippen molar-refractivity contribution in [2.24, 2.45) is 46.3 Å². The second-order valence-corrected chi connectivity index (χ2v) is 13.1. The van der Waals surface area contributed by atoms with Crippen LogP contribution in [-0.2, 0) is 19.2 Å². The first-order chi connectivity index (χ1) is 17.0. The standard InChI is InChI=1S/C28H43NO7/c1-15(4-9-25(35)36-29-23(33)7-8-24(29)34)18-5-6-19-26-20(14-22(32)28(18,19)3)27(2)11-10-17(30)12-16(27)13-21(26)31/h15-22,26,30-32H,4-14H2,1-3H3/t15-,16?,17-,18-,19?,20?,21?,22+,26?,27+,28-/m1/s1. The van der Waals surface area contributed by atoms with Crippen LogP contribution in [0.5, 0.6) is 0 Å². The maximum absolute atomic E-state index is 12.4. The summed E-state index contributed by atoms with van der Waals surface area (Å²) >= 11 is 0. The lowest BCUT2D eigenvalue weighted by atomic mass is 9.43. The van der Waals surface area contributed by atoms with Crippen molar-refractivity contribution in [3.63, 3.8) is 0 Å². The zero-order valence-electron chi connectivity index (χ0n) is 21.9. The van der Waals surface area contributed by atoms with Crippen molar-refractivity contribution < 1.29 is 34.5 Å². The lowest BCUT2D eigenvalue weighted by Gasteiger charge is -2.63. The fourth-order valence-electron chi connectivity index (χ4n) is 9.48. The molecule has 5 fully saturated rings. The molecule has 8 heteroatoms. The minimum Gasteiger partial charge on any atom is -0.393 e. The van der Waals surface area contributed by atoms with Crippen LogP contribution in [0.2, 0.25) is 0 Å². The Morgan fingerprint density at radius 3 is 2.42 bits per heavy atom. The minimum absolute atomic E-state index is 0.0450. The van der Waals surface area contributed by atoms with Crippen LogP contribution < -0.4 is 0 Å². The average molecular weight is 506 g/mol. The van der Waals surface area contributed by atoms with E-state index in [-0.39, 0.29) is 65.8 Å². The molecular formula is C28H43NO7. The highest BCUT2D eigenvalue weighted by Crippen LogP contribution is 2.68. The number of rotatable bonds is 5. The maximum atomic E-state index is 12.4. The summed E-state index contributed by atoms with van der Waals surface area (Å²) in [7, 11) is 0. The Morgan fingerprint density at radius 2 is 1.72 bits per heavy atom. The molecule has 0 radical (unpaired) electrons. The summed E-state index contributed by atoms with van der Waals surface area (Å²) < 4.78 is 0. The van der Waals surface area contributed by atoms with E-state index in [9.17, 15) is 29.7 Å². The van der Waals surface area contributed by atoms with Crippen LogP contribution in [0, 0.1) is 46.3 Å². The highest BCUT2D eigenvalue weighted by molar-refractivity contribution is 6.01. The van der Waals surface area contributed by atoms with E-state index in [1.54, 1.807) is 0 Å². The van der Waals surface area contributed by atoms with E-state index in [1.807, 2.05) is 0 Å². The molecule has 5 aliphatic rings. The van der Waals surface area contributed by atoms with Gasteiger partial charge in [-0.25, -0.2) is 4.79 Å². The van der Waals surface area contributed by atoms with Gasteiger partial charge in [0.2, 0.25) is 0 Å². The van der Waals surface area contributed by atoms with Gasteiger partial charge in [-0.1, -0.05) is 20.8 Å². The molecule has 36 heavy (non-hydrogen) atoms. The highest BCUT2D eigenvalue weighted by atomic mass is 16.7. The monoisotopic (exact) mass is 505 g/mol. The van der Waals surface area contributed by atoms with Crippen LogP contribution in [-0.4, -0.2) is 56.5 Å². The predicted molar refractivity (Wildman–Crippen MR) is 130 cm³/mol. The molecule has 1 aliphatic heterocycles. The Bertz CT molecular complexity index is 892. The number of carbonyl (C=O) groups excluding carboxylic acids is 3. The zero-order chi connectivity index (χ0) is 26.0. The van der Waals surface area contributed by atoms with Gasteiger partial charge in [0.1, 0.15) is 0 Å². The van der Waals surface area contributed by atoms with E-state index in [2.05, 4.69) is 20.8 Å². The van der Waals surface area contributed by atoms with Gasteiger partial charge < -0.3 is 20.2 Å². The van der Waals surface area contributed by atoms with E-state index in [0.29, 0.717) is 23.8 Å². The summed E-state index contributed by atoms with van der Waals surface area (Å²) in [5.41, 5.74) is -0.285. The first-order valence-corrected chi connectivity index (χ1v) is 14.1. The first-order valence-electron chi connectivity index (χ1n) is 14.1. The van der Waals surface area contributed by atoms with Crippen LogP contribution >= 0.6 is 0 Å². The Labute approximate surface area is 213 Å². The molecule has 3 N–H and O–H groups in total. The van der Waals surface area contributed by atoms with Gasteiger partial charge >= 0.3 is 5.97 Å². The van der Waals surface area contributed by atoms with Gasteiger partial charge in [0.25, 0.3) is 11.8 Å². The number of hydrogen-bond acceptors (Lipinski definition) is 7. The van der Waals surface area contributed by atoms with Crippen LogP contribution in [0.3, 0.4) is 0 Å². The number of amides is 2. The van der Waals surface area contributed by atoms with Gasteiger partial charge in [-0.2, -0.15) is 0 Å². The highest BCUT2D eigenvalue weighted by Gasteiger charge is 2.65. The number of fused-ring (bicyclic) bond motifs is 5. The molecule has 4 saturated carbocycles. The molecule has 5 rings (SSSR count). The molecule has 5 unspecified atom stereocenters. The normalized spacial score (nSPS) is 47.2. The molecule has 0 aromatic rings. The fraction of sp³-hybridized carbons (Fsp3) is 0.893. The number of aliphatic hydroxyl groups excluding tert-OH is 3. The molecule has 4 aliphatic carbocycles. The van der Waals surface area contributed by atoms with E-state index < -0.39 is 30.0 Å². The van der Waals surface area contributed by atoms with Crippen LogP contribution in [0.4, 0.5) is 0 Å². The Balaban J connectivity index is 1.27. The van der Waals surface area contributed by atoms with Gasteiger partial charge in [0.15, 0.2) is 0 Å². The summed E-state index contributed by atoms with van der Waals surface area (Å²) in [6.07, 6.45) is 5.50. The maximum Gasteiger partial charge on any atom is 0.333 e. The third-order valence-corrected chi connectivity index (χ3v) is 11.5. The molecule has 2 amide bonds. The van der Waals surface area contributed by atoms with E-state index in [4.69, 9.17) is 4.84 Å². The van der Waals surface area contributed by atoms with Crippen molar-refractivity contribution in [2.45, 2.75) is 110 Å². The van der Waals surface area contributed by atoms with Gasteiger partial charge in [0, 0.05) is 19.3 Å². The van der Waals surface area contributed by atoms with Crippen LogP contribution in [0.15, 0.2) is 0 Å². The molecule has 1 saturated heterocycles. The third-order valence-electron chi connectivity index (χ3n) is 11.5. The van der Waals surface area contributed by atoms with Crippen molar-refractivity contribution in [1.29, 1.82) is 0 Å². The number of hydrogen-bond donors (Lipinski definition) is 3. The van der Waals surface area contributed by atoms with Gasteiger partial charge in [-0.15, -0.1) is 5.06 Å². The molecule has 0 aromatic heterocycles. The number of carbonyl (C=O) groups is 3. The van der Waals surface area contributed by atoms with Gasteiger partial charge in [-0.3, -0.25) is 9.59 Å². The molecule has 1 heterocycles. The summed E-state index contributed by atoms with van der Waals surface area (Å²) in [4.78, 5) is 40.9. The minimum atomic E-state index is -0.574. The SMILES string of the molecule is C[C@H](CCC(=O)ON1C(=O)CCC1=O)[C@H]1CCC2C3C(O)CC4C[C@H](O)CC[C@]4(C)C3C[C@H](O)[C@@]21C. The molecule has 0 bridgehead atoms. The van der Waals surface area contributed by atoms with Crippen molar-refractivity contribution >= 4 is 17.8 Å². The summed E-state index contributed by atoms with van der Waals surface area (Å²) in [6, 6.07) is 0. The predicted octanol–water partition coefficient (Wildman–Crippen LogP) is 2.97. The topological polar surface area (TPSA) is 124 Å². The van der Waals surface area contributed by atoms with Crippen molar-refractivity contribution in [3.8, 4) is 0 Å². The van der Waals surface area contributed by atoms with Crippen LogP contribution in [0.25, 0.3) is 0 Å². The quantitative estimate of drug-likeness (QED) is 0.491. The molecular weight excluding hydrogens is 462 g/mol. The number of nitrogens with zero attached hydrogens (tertiary/aromatic N) is 1. The second-order valence-electron chi connectivity index (χ2n) is 13.1. The molecule has 0 spiro atoms. The molecule has 0 aromatic carbocycles. The fourth-order valence-corrected chi connectivity index (χ4v) is 9.48. The lowest BCUT2D eigenvalue weighted by Crippen LogP contribution is -2.62. The van der Waals surface area contributed by atoms with Crippen molar-refractivity contribution in [3.05, 3.63) is 0 Å². The Hall–Kier alpha value is -1.51. The Morgan fingerprint density at radius 1 is 1.03 bits per heavy atom. The molecule has 202 valence electrons. The smallest absolute Gasteiger partial charge is 0.333 e. The number of imide groups is 1. The summed E-state index contributed by atoms with van der Waals surface area (Å²) in [5, 5.41) is 33.9. The summed E-state index contributed by atoms with van der Waals surface area (Å²) in [5.74, 6) is -0.213. The molecule has 11 atom stereocenters. The van der Waals surface area contributed by atoms with Crippen molar-refractivity contribution in [1.82, 2.24) is 5.06 Å². The Kier molecular flexibility index (Phi) is 6.78. The van der Waals surface area contributed by atoms with Crippen LogP contribution in [0.1, 0.15) is 91.4 Å². The first kappa shape index (κ1) is 26.1. The number of aliphatic hydroxyl groups is 3. The average Bonchev–Trinajstić information content (AvgIpc) is 3.34. The number of hydroxylamine groups is 2. The summed E-state index contributed by atoms with van der Waals surface area (Å²) in [6.45, 7) is 6.64. The third kappa shape index (κ3) is 4.02. The molecule has 8 nitrogen and oxygen atoms in total.